The van der Waals surface area contributed by atoms with Crippen LogP contribution in [0.3, 0.4) is 0 Å². The van der Waals surface area contributed by atoms with Crippen LogP contribution in [0.1, 0.15) is 245 Å². The highest BCUT2D eigenvalue weighted by molar-refractivity contribution is 5.76. The van der Waals surface area contributed by atoms with E-state index in [1.54, 1.807) is 6.08 Å². The van der Waals surface area contributed by atoms with Gasteiger partial charge in [0.25, 0.3) is 0 Å². The van der Waals surface area contributed by atoms with Crippen LogP contribution in [0.5, 0.6) is 0 Å². The molecular weight excluding hydrogens is 1050 g/mol. The van der Waals surface area contributed by atoms with Gasteiger partial charge in [-0.05, 0) is 19.3 Å². The van der Waals surface area contributed by atoms with Crippen molar-refractivity contribution in [2.45, 2.75) is 349 Å². The van der Waals surface area contributed by atoms with Crippen molar-refractivity contribution in [2.75, 3.05) is 26.4 Å². The summed E-state index contributed by atoms with van der Waals surface area (Å²) in [5, 5.41) is 120. The second kappa shape index (κ2) is 45.8. The topological polar surface area (TPSA) is 307 Å². The molecule has 0 unspecified atom stereocenters. The Morgan fingerprint density at radius 2 is 0.765 bits per heavy atom. The third kappa shape index (κ3) is 29.2. The van der Waals surface area contributed by atoms with Crippen LogP contribution in [0.15, 0.2) is 12.2 Å². The monoisotopic (exact) mass is 1160 g/mol. The molecule has 3 aliphatic heterocycles. The van der Waals surface area contributed by atoms with Gasteiger partial charge in [0.1, 0.15) is 73.2 Å². The van der Waals surface area contributed by atoms with Crippen molar-refractivity contribution in [3.63, 3.8) is 0 Å². The lowest BCUT2D eigenvalue weighted by Crippen LogP contribution is -2.66. The Hall–Kier alpha value is -1.47. The molecule has 0 aliphatic carbocycles. The van der Waals surface area contributed by atoms with Crippen molar-refractivity contribution >= 4 is 5.91 Å². The molecule has 81 heavy (non-hydrogen) atoms. The smallest absolute Gasteiger partial charge is 0.220 e. The van der Waals surface area contributed by atoms with E-state index in [-0.39, 0.29) is 18.9 Å². The number of carbonyl (C=O) groups is 1. The normalized spacial score (nSPS) is 29.8. The van der Waals surface area contributed by atoms with Crippen molar-refractivity contribution in [3.8, 4) is 0 Å². The van der Waals surface area contributed by atoms with Gasteiger partial charge in [0.2, 0.25) is 5.91 Å². The van der Waals surface area contributed by atoms with E-state index < -0.39 is 124 Å². The van der Waals surface area contributed by atoms with Crippen molar-refractivity contribution in [3.05, 3.63) is 12.2 Å². The molecule has 0 saturated carbocycles. The van der Waals surface area contributed by atoms with Crippen LogP contribution < -0.4 is 5.32 Å². The van der Waals surface area contributed by atoms with Gasteiger partial charge in [-0.15, -0.1) is 0 Å². The fourth-order valence-electron chi connectivity index (χ4n) is 11.3. The summed E-state index contributed by atoms with van der Waals surface area (Å²) in [5.41, 5.74) is 0. The number of ether oxygens (including phenoxy) is 6. The predicted octanol–water partition coefficient (Wildman–Crippen LogP) is 6.94. The summed E-state index contributed by atoms with van der Waals surface area (Å²) in [5.74, 6) is -0.271. The van der Waals surface area contributed by atoms with Crippen LogP contribution in [-0.2, 0) is 33.2 Å². The number of aliphatic hydroxyl groups excluding tert-OH is 11. The van der Waals surface area contributed by atoms with Gasteiger partial charge in [-0.1, -0.05) is 231 Å². The van der Waals surface area contributed by atoms with Crippen LogP contribution in [0, 0.1) is 0 Å². The molecule has 0 radical (unpaired) electrons. The zero-order chi connectivity index (χ0) is 59.0. The fourth-order valence-corrected chi connectivity index (χ4v) is 11.3. The first kappa shape index (κ1) is 73.8. The van der Waals surface area contributed by atoms with Gasteiger partial charge in [0.15, 0.2) is 18.9 Å². The Kier molecular flexibility index (Phi) is 41.7. The largest absolute Gasteiger partial charge is 0.394 e. The van der Waals surface area contributed by atoms with Crippen molar-refractivity contribution in [1.29, 1.82) is 0 Å². The summed E-state index contributed by atoms with van der Waals surface area (Å²) in [6.45, 7) is 1.74. The third-order valence-electron chi connectivity index (χ3n) is 16.6. The Morgan fingerprint density at radius 3 is 1.16 bits per heavy atom. The second-order valence-corrected chi connectivity index (χ2v) is 23.6. The quantitative estimate of drug-likeness (QED) is 0.0217. The maximum Gasteiger partial charge on any atom is 0.220 e. The first-order valence-corrected chi connectivity index (χ1v) is 32.4. The number of allylic oxidation sites excluding steroid dienone is 1. The molecule has 17 atom stereocenters. The van der Waals surface area contributed by atoms with Gasteiger partial charge in [-0.25, -0.2) is 0 Å². The highest BCUT2D eigenvalue weighted by Crippen LogP contribution is 2.33. The Labute approximate surface area is 486 Å². The molecule has 0 aromatic rings. The molecule has 3 aliphatic rings. The lowest BCUT2D eigenvalue weighted by Gasteiger charge is -2.48. The third-order valence-corrected chi connectivity index (χ3v) is 16.6. The van der Waals surface area contributed by atoms with Gasteiger partial charge >= 0.3 is 0 Å². The molecule has 3 saturated heterocycles. The molecule has 19 heteroatoms. The molecule has 3 heterocycles. The number of aliphatic hydroxyl groups is 11. The van der Waals surface area contributed by atoms with E-state index in [9.17, 15) is 61.0 Å². The van der Waals surface area contributed by atoms with Crippen LogP contribution >= 0.6 is 0 Å². The average Bonchev–Trinajstić information content (AvgIpc) is 3.57. The maximum atomic E-state index is 13.3. The van der Waals surface area contributed by atoms with Gasteiger partial charge in [-0.3, -0.25) is 4.79 Å². The number of rotatable bonds is 49. The van der Waals surface area contributed by atoms with E-state index in [1.807, 2.05) is 6.08 Å². The molecule has 19 nitrogen and oxygen atoms in total. The van der Waals surface area contributed by atoms with Crippen LogP contribution in [0.4, 0.5) is 0 Å². The SMILES string of the molecule is CCCCCCCCCCCCC/C=C/[C@@H](O)[C@H](CO[C@@H]1O[C@H](CO)[C@@H](O[C@@H]2O[C@H](CO)[C@H](O[C@H]3O[C@H](CO)[C@H](O)[C@@H](O)[C@H]3O)[C@@H](O)[C@H]2O)[C@H](O)[C@H]1O)NC(=O)CCCCCCCCCCCCCCCCCCCCCCCCC. The zero-order valence-electron chi connectivity index (χ0n) is 50.0. The molecular formula is C62H117NO18. The molecule has 1 amide bonds. The molecule has 0 bridgehead atoms. The van der Waals surface area contributed by atoms with E-state index >= 15 is 0 Å². The van der Waals surface area contributed by atoms with Gasteiger partial charge in [0.05, 0.1) is 38.6 Å². The lowest BCUT2D eigenvalue weighted by atomic mass is 9.96. The highest BCUT2D eigenvalue weighted by atomic mass is 16.8. The fraction of sp³-hybridized carbons (Fsp3) is 0.952. The van der Waals surface area contributed by atoms with Crippen LogP contribution in [0.2, 0.25) is 0 Å². The van der Waals surface area contributed by atoms with Crippen molar-refractivity contribution in [2.24, 2.45) is 0 Å². The summed E-state index contributed by atoms with van der Waals surface area (Å²) in [6.07, 6.45) is 20.5. The second-order valence-electron chi connectivity index (χ2n) is 23.6. The minimum Gasteiger partial charge on any atom is -0.394 e. The molecule has 3 rings (SSSR count). The van der Waals surface area contributed by atoms with E-state index in [0.717, 1.165) is 44.9 Å². The van der Waals surface area contributed by atoms with E-state index in [4.69, 9.17) is 28.4 Å². The standard InChI is InChI=1S/C62H117NO18/c1-3-5-7-9-11-13-15-17-18-19-20-21-22-23-24-25-26-28-30-32-34-36-38-40-50(68)63-45(46(67)39-37-35-33-31-29-27-16-14-12-10-8-6-4-2)44-76-60-56(74)53(71)58(48(42-65)78-60)81-62-57(75)54(72)59(49(43-66)79-62)80-61-55(73)52(70)51(69)47(41-64)77-61/h37,39,45-49,51-62,64-67,69-75H,3-36,38,40-44H2,1-2H3,(H,63,68)/b39-37+/t45-,46+,47+,48+,49+,51-,52+,53+,54-,55+,56+,57+,58+,59-,60+,61+,62-/m0/s1. The summed E-state index contributed by atoms with van der Waals surface area (Å²) >= 11 is 0. The van der Waals surface area contributed by atoms with Crippen LogP contribution in [0.25, 0.3) is 0 Å². The molecule has 0 aromatic heterocycles. The van der Waals surface area contributed by atoms with Gasteiger partial charge in [0, 0.05) is 6.42 Å². The Bertz CT molecular complexity index is 1530. The van der Waals surface area contributed by atoms with E-state index in [2.05, 4.69) is 19.2 Å². The van der Waals surface area contributed by atoms with Crippen LogP contribution in [-0.4, -0.2) is 193 Å². The Balaban J connectivity index is 1.44. The van der Waals surface area contributed by atoms with Crippen molar-refractivity contribution < 1.29 is 89.4 Å². The summed E-state index contributed by atoms with van der Waals surface area (Å²) in [7, 11) is 0. The molecule has 12 N–H and O–H groups in total. The van der Waals surface area contributed by atoms with Crippen molar-refractivity contribution in [1.82, 2.24) is 5.32 Å². The summed E-state index contributed by atoms with van der Waals surface area (Å²) in [4.78, 5) is 13.3. The number of amides is 1. The Morgan fingerprint density at radius 1 is 0.432 bits per heavy atom. The maximum absolute atomic E-state index is 13.3. The predicted molar refractivity (Wildman–Crippen MR) is 310 cm³/mol. The lowest BCUT2D eigenvalue weighted by molar-refractivity contribution is -0.379. The van der Waals surface area contributed by atoms with E-state index in [0.29, 0.717) is 6.42 Å². The number of carbonyl (C=O) groups excluding carboxylic acids is 1. The molecule has 478 valence electrons. The molecule has 3 fully saturated rings. The first-order chi connectivity index (χ1) is 39.3. The summed E-state index contributed by atoms with van der Waals surface area (Å²) in [6, 6.07) is -0.967. The minimum atomic E-state index is -1.97. The van der Waals surface area contributed by atoms with E-state index in [1.165, 1.54) is 173 Å². The number of hydrogen-bond donors (Lipinski definition) is 12. The summed E-state index contributed by atoms with van der Waals surface area (Å²) < 4.78 is 34.3. The first-order valence-electron chi connectivity index (χ1n) is 32.4. The molecule has 0 spiro atoms. The van der Waals surface area contributed by atoms with Gasteiger partial charge in [-0.2, -0.15) is 0 Å². The van der Waals surface area contributed by atoms with Gasteiger partial charge < -0.3 is 89.9 Å². The number of hydrogen-bond acceptors (Lipinski definition) is 18. The number of unbranched alkanes of at least 4 members (excludes halogenated alkanes) is 33. The average molecular weight is 1160 g/mol. The number of nitrogens with one attached hydrogen (secondary N) is 1. The minimum absolute atomic E-state index is 0.249. The zero-order valence-corrected chi connectivity index (χ0v) is 50.0. The molecule has 0 aromatic carbocycles. The highest BCUT2D eigenvalue weighted by Gasteiger charge is 2.53.